The Balaban J connectivity index is 2.69. The van der Waals surface area contributed by atoms with Crippen molar-refractivity contribution in [2.75, 3.05) is 7.11 Å². The van der Waals surface area contributed by atoms with E-state index in [0.29, 0.717) is 17.7 Å². The summed E-state index contributed by atoms with van der Waals surface area (Å²) in [7, 11) is 1.64. The Labute approximate surface area is 117 Å². The molecule has 3 nitrogen and oxygen atoms in total. The molecule has 0 radical (unpaired) electrons. The number of rotatable bonds is 7. The van der Waals surface area contributed by atoms with Crippen molar-refractivity contribution in [2.45, 2.75) is 52.6 Å². The summed E-state index contributed by atoms with van der Waals surface area (Å²) in [5.74, 6) is 1.81. The molecule has 0 spiro atoms. The average Bonchev–Trinajstić information content (AvgIpc) is 2.38. The highest BCUT2D eigenvalue weighted by atomic mass is 16.5. The molecule has 0 heterocycles. The van der Waals surface area contributed by atoms with Crippen molar-refractivity contribution in [1.82, 2.24) is 5.32 Å². The third-order valence-electron chi connectivity index (χ3n) is 3.69. The molecular weight excluding hydrogens is 238 g/mol. The molecule has 0 amide bonds. The fraction of sp³-hybridized carbons (Fsp3) is 0.625. The van der Waals surface area contributed by atoms with Crippen LogP contribution in [0.1, 0.15) is 52.1 Å². The van der Waals surface area contributed by atoms with E-state index in [2.05, 4.69) is 33.0 Å². The molecule has 2 N–H and O–H groups in total. The van der Waals surface area contributed by atoms with Crippen molar-refractivity contribution in [3.63, 3.8) is 0 Å². The summed E-state index contributed by atoms with van der Waals surface area (Å²) in [6, 6.07) is 5.88. The number of phenolic OH excluding ortho intramolecular Hbond substituents is 1. The van der Waals surface area contributed by atoms with Gasteiger partial charge in [-0.15, -0.1) is 0 Å². The van der Waals surface area contributed by atoms with Crippen LogP contribution in [0.4, 0.5) is 0 Å². The fourth-order valence-electron chi connectivity index (χ4n) is 2.36. The third kappa shape index (κ3) is 4.75. The molecule has 3 unspecified atom stereocenters. The van der Waals surface area contributed by atoms with Gasteiger partial charge in [-0.05, 0) is 44.4 Å². The number of ether oxygens (including phenoxy) is 1. The third-order valence-corrected chi connectivity index (χ3v) is 3.69. The summed E-state index contributed by atoms with van der Waals surface area (Å²) in [6.07, 6.45) is 2.34. The second kappa shape index (κ2) is 7.39. The smallest absolute Gasteiger partial charge is 0.120 e. The van der Waals surface area contributed by atoms with Crippen molar-refractivity contribution in [1.29, 1.82) is 0 Å². The number of benzene rings is 1. The molecule has 108 valence electrons. The molecule has 0 fully saturated rings. The van der Waals surface area contributed by atoms with Crippen LogP contribution in [0.25, 0.3) is 0 Å². The summed E-state index contributed by atoms with van der Waals surface area (Å²) in [4.78, 5) is 0. The quantitative estimate of drug-likeness (QED) is 0.786. The van der Waals surface area contributed by atoms with Gasteiger partial charge in [0.15, 0.2) is 0 Å². The number of phenols is 1. The molecule has 1 rings (SSSR count). The summed E-state index contributed by atoms with van der Waals surface area (Å²) in [5, 5.41) is 13.5. The van der Waals surface area contributed by atoms with Crippen molar-refractivity contribution in [2.24, 2.45) is 5.92 Å². The van der Waals surface area contributed by atoms with Crippen molar-refractivity contribution < 1.29 is 9.84 Å². The van der Waals surface area contributed by atoms with E-state index in [0.717, 1.165) is 17.7 Å². The maximum absolute atomic E-state index is 9.95. The number of aromatic hydroxyl groups is 1. The Hall–Kier alpha value is -1.22. The van der Waals surface area contributed by atoms with Crippen LogP contribution in [0, 0.1) is 5.92 Å². The minimum Gasteiger partial charge on any atom is -0.508 e. The molecule has 0 aliphatic carbocycles. The van der Waals surface area contributed by atoms with E-state index in [1.165, 1.54) is 6.42 Å². The topological polar surface area (TPSA) is 41.5 Å². The summed E-state index contributed by atoms with van der Waals surface area (Å²) >= 11 is 0. The van der Waals surface area contributed by atoms with Crippen LogP contribution in [0.15, 0.2) is 18.2 Å². The van der Waals surface area contributed by atoms with E-state index in [-0.39, 0.29) is 6.04 Å². The predicted octanol–water partition coefficient (Wildman–Crippen LogP) is 3.88. The van der Waals surface area contributed by atoms with Crippen LogP contribution in [-0.4, -0.2) is 18.3 Å². The first kappa shape index (κ1) is 15.8. The van der Waals surface area contributed by atoms with Crippen LogP contribution in [0.2, 0.25) is 0 Å². The van der Waals surface area contributed by atoms with Crippen LogP contribution in [0.3, 0.4) is 0 Å². The molecule has 1 aromatic rings. The molecule has 3 atom stereocenters. The molecule has 19 heavy (non-hydrogen) atoms. The normalized spacial score (nSPS) is 15.8. The molecule has 0 aromatic heterocycles. The molecule has 0 bridgehead atoms. The zero-order valence-electron chi connectivity index (χ0n) is 12.7. The Morgan fingerprint density at radius 2 is 1.95 bits per heavy atom. The first-order valence-corrected chi connectivity index (χ1v) is 7.10. The van der Waals surface area contributed by atoms with Gasteiger partial charge in [-0.25, -0.2) is 0 Å². The average molecular weight is 265 g/mol. The van der Waals surface area contributed by atoms with E-state index in [4.69, 9.17) is 4.74 Å². The lowest BCUT2D eigenvalue weighted by molar-refractivity contribution is 0.374. The zero-order chi connectivity index (χ0) is 14.4. The highest BCUT2D eigenvalue weighted by molar-refractivity contribution is 5.41. The zero-order valence-corrected chi connectivity index (χ0v) is 12.7. The largest absolute Gasteiger partial charge is 0.508 e. The van der Waals surface area contributed by atoms with Gasteiger partial charge in [0.1, 0.15) is 11.5 Å². The number of methoxy groups -OCH3 is 1. The van der Waals surface area contributed by atoms with Gasteiger partial charge in [0.25, 0.3) is 0 Å². The lowest BCUT2D eigenvalue weighted by Crippen LogP contribution is -2.30. The van der Waals surface area contributed by atoms with Crippen LogP contribution >= 0.6 is 0 Å². The molecule has 0 aliphatic heterocycles. The summed E-state index contributed by atoms with van der Waals surface area (Å²) in [5.41, 5.74) is 0.885. The van der Waals surface area contributed by atoms with Gasteiger partial charge in [-0.3, -0.25) is 0 Å². The lowest BCUT2D eigenvalue weighted by Gasteiger charge is -2.23. The maximum Gasteiger partial charge on any atom is 0.120 e. The first-order chi connectivity index (χ1) is 8.97. The minimum atomic E-state index is 0.106. The molecular formula is C16H27NO2. The Bertz CT molecular complexity index is 392. The minimum absolute atomic E-state index is 0.106. The van der Waals surface area contributed by atoms with E-state index >= 15 is 0 Å². The predicted molar refractivity (Wildman–Crippen MR) is 79.7 cm³/mol. The molecule has 0 saturated carbocycles. The summed E-state index contributed by atoms with van der Waals surface area (Å²) in [6.45, 7) is 8.75. The van der Waals surface area contributed by atoms with Crippen molar-refractivity contribution >= 4 is 0 Å². The van der Waals surface area contributed by atoms with Gasteiger partial charge >= 0.3 is 0 Å². The van der Waals surface area contributed by atoms with Crippen LogP contribution in [-0.2, 0) is 0 Å². The van der Waals surface area contributed by atoms with Gasteiger partial charge in [0.2, 0.25) is 0 Å². The number of hydrogen-bond acceptors (Lipinski definition) is 3. The van der Waals surface area contributed by atoms with Crippen LogP contribution < -0.4 is 10.1 Å². The molecule has 0 aliphatic rings. The lowest BCUT2D eigenvalue weighted by atomic mass is 9.98. The Morgan fingerprint density at radius 1 is 1.26 bits per heavy atom. The second-order valence-electron chi connectivity index (χ2n) is 5.46. The monoisotopic (exact) mass is 265 g/mol. The maximum atomic E-state index is 9.95. The SMILES string of the molecule is CCC(C)CC(C)NC(C)c1cc(OC)ccc1O. The van der Waals surface area contributed by atoms with E-state index < -0.39 is 0 Å². The molecule has 3 heteroatoms. The standard InChI is InChI=1S/C16H27NO2/c1-6-11(2)9-12(3)17-13(4)15-10-14(19-5)7-8-16(15)18/h7-8,10-13,17-18H,6,9H2,1-5H3. The van der Waals surface area contributed by atoms with Gasteiger partial charge in [0, 0.05) is 17.6 Å². The van der Waals surface area contributed by atoms with E-state index in [1.807, 2.05) is 6.07 Å². The van der Waals surface area contributed by atoms with Crippen molar-refractivity contribution in [3.8, 4) is 11.5 Å². The number of hydrogen-bond donors (Lipinski definition) is 2. The van der Waals surface area contributed by atoms with E-state index in [9.17, 15) is 5.11 Å². The highest BCUT2D eigenvalue weighted by Crippen LogP contribution is 2.28. The number of nitrogens with one attached hydrogen (secondary N) is 1. The van der Waals surface area contributed by atoms with Crippen molar-refractivity contribution in [3.05, 3.63) is 23.8 Å². The molecule has 0 saturated heterocycles. The first-order valence-electron chi connectivity index (χ1n) is 7.10. The summed E-state index contributed by atoms with van der Waals surface area (Å²) < 4.78 is 5.21. The van der Waals surface area contributed by atoms with Gasteiger partial charge in [-0.2, -0.15) is 0 Å². The fourth-order valence-corrected chi connectivity index (χ4v) is 2.36. The van der Waals surface area contributed by atoms with E-state index in [1.54, 1.807) is 19.2 Å². The second-order valence-corrected chi connectivity index (χ2v) is 5.46. The Morgan fingerprint density at radius 3 is 2.53 bits per heavy atom. The van der Waals surface area contributed by atoms with Gasteiger partial charge in [-0.1, -0.05) is 20.3 Å². The van der Waals surface area contributed by atoms with Gasteiger partial charge in [0.05, 0.1) is 7.11 Å². The molecule has 1 aromatic carbocycles. The highest BCUT2D eigenvalue weighted by Gasteiger charge is 2.15. The Kier molecular flexibility index (Phi) is 6.16. The van der Waals surface area contributed by atoms with Gasteiger partial charge < -0.3 is 15.2 Å². The van der Waals surface area contributed by atoms with Crippen LogP contribution in [0.5, 0.6) is 11.5 Å².